The minimum atomic E-state index is 0.0820. The molecule has 2 aromatic carbocycles. The molecule has 2 nitrogen and oxygen atoms in total. The van der Waals surface area contributed by atoms with Crippen LogP contribution >= 0.6 is 23.2 Å². The fraction of sp³-hybridized carbons (Fsp3) is 0.235. The number of hydrogen-bond acceptors (Lipinski definition) is 1. The Morgan fingerprint density at radius 1 is 1.14 bits per heavy atom. The van der Waals surface area contributed by atoms with Crippen LogP contribution in [0, 0.1) is 6.92 Å². The van der Waals surface area contributed by atoms with Gasteiger partial charge >= 0.3 is 0 Å². The van der Waals surface area contributed by atoms with E-state index >= 15 is 0 Å². The molecule has 0 spiro atoms. The first-order valence-electron chi connectivity index (χ1n) is 6.90. The molecule has 0 aliphatic carbocycles. The zero-order valence-corrected chi connectivity index (χ0v) is 13.5. The number of rotatable bonds is 3. The zero-order chi connectivity index (χ0) is 15.0. The Kier molecular flexibility index (Phi) is 3.92. The molecule has 0 bridgehead atoms. The van der Waals surface area contributed by atoms with E-state index in [4.69, 9.17) is 23.2 Å². The van der Waals surface area contributed by atoms with Crippen LogP contribution in [0.15, 0.2) is 42.5 Å². The Hall–Kier alpha value is -1.51. The van der Waals surface area contributed by atoms with Crippen LogP contribution in [0.5, 0.6) is 0 Å². The lowest BCUT2D eigenvalue weighted by molar-refractivity contribution is 0.633. The topological polar surface area (TPSA) is 17.8 Å². The van der Waals surface area contributed by atoms with Crippen LogP contribution in [-0.2, 0) is 5.88 Å². The molecule has 0 saturated carbocycles. The number of fused-ring (bicyclic) bond motifs is 1. The Balaban J connectivity index is 2.26. The smallest absolute Gasteiger partial charge is 0.125 e. The van der Waals surface area contributed by atoms with Crippen molar-refractivity contribution in [3.8, 4) is 0 Å². The molecule has 1 unspecified atom stereocenters. The molecule has 4 heteroatoms. The summed E-state index contributed by atoms with van der Waals surface area (Å²) >= 11 is 12.5. The van der Waals surface area contributed by atoms with E-state index in [0.29, 0.717) is 5.88 Å². The van der Waals surface area contributed by atoms with Crippen molar-refractivity contribution in [1.82, 2.24) is 9.55 Å². The molecule has 21 heavy (non-hydrogen) atoms. The van der Waals surface area contributed by atoms with Gasteiger partial charge in [0, 0.05) is 5.02 Å². The van der Waals surface area contributed by atoms with Gasteiger partial charge in [-0.2, -0.15) is 0 Å². The number of imidazole rings is 1. The van der Waals surface area contributed by atoms with E-state index in [2.05, 4.69) is 35.5 Å². The van der Waals surface area contributed by atoms with Gasteiger partial charge in [0.1, 0.15) is 5.82 Å². The van der Waals surface area contributed by atoms with Crippen LogP contribution in [0.25, 0.3) is 11.0 Å². The van der Waals surface area contributed by atoms with Gasteiger partial charge in [0.25, 0.3) is 0 Å². The van der Waals surface area contributed by atoms with Gasteiger partial charge in [-0.15, -0.1) is 11.6 Å². The first-order chi connectivity index (χ1) is 10.1. The summed E-state index contributed by atoms with van der Waals surface area (Å²) in [4.78, 5) is 4.66. The maximum absolute atomic E-state index is 6.36. The van der Waals surface area contributed by atoms with E-state index in [-0.39, 0.29) is 6.04 Å². The van der Waals surface area contributed by atoms with Gasteiger partial charge in [-0.25, -0.2) is 4.98 Å². The minimum absolute atomic E-state index is 0.0820. The molecule has 3 rings (SSSR count). The zero-order valence-electron chi connectivity index (χ0n) is 12.0. The van der Waals surface area contributed by atoms with Gasteiger partial charge in [-0.05, 0) is 37.1 Å². The second kappa shape index (κ2) is 5.70. The number of aryl methyl sites for hydroxylation is 1. The monoisotopic (exact) mass is 318 g/mol. The minimum Gasteiger partial charge on any atom is -0.319 e. The normalized spacial score (nSPS) is 12.8. The quantitative estimate of drug-likeness (QED) is 0.595. The van der Waals surface area contributed by atoms with Crippen molar-refractivity contribution < 1.29 is 0 Å². The van der Waals surface area contributed by atoms with Crippen LogP contribution in [-0.4, -0.2) is 9.55 Å². The molecule has 0 amide bonds. The van der Waals surface area contributed by atoms with Crippen molar-refractivity contribution in [3.63, 3.8) is 0 Å². The van der Waals surface area contributed by atoms with Crippen molar-refractivity contribution in [2.45, 2.75) is 25.8 Å². The number of hydrogen-bond donors (Lipinski definition) is 0. The molecule has 0 fully saturated rings. The molecule has 1 atom stereocenters. The van der Waals surface area contributed by atoms with E-state index in [1.165, 1.54) is 5.56 Å². The van der Waals surface area contributed by atoms with Crippen LogP contribution in [0.4, 0.5) is 0 Å². The summed E-state index contributed by atoms with van der Waals surface area (Å²) in [6.45, 7) is 4.22. The summed E-state index contributed by atoms with van der Waals surface area (Å²) < 4.78 is 2.19. The standard InChI is InChI=1S/C17H16Cl2N2/c1-11-6-5-9-15-17(11)21(16(10-18)20-15)12(2)13-7-3-4-8-14(13)19/h3-9,12H,10H2,1-2H3. The second-order valence-corrected chi connectivity index (χ2v) is 5.85. The van der Waals surface area contributed by atoms with E-state index in [0.717, 1.165) is 27.4 Å². The van der Waals surface area contributed by atoms with Crippen LogP contribution in [0.3, 0.4) is 0 Å². The molecular weight excluding hydrogens is 303 g/mol. The lowest BCUT2D eigenvalue weighted by Gasteiger charge is -2.19. The molecule has 0 saturated heterocycles. The number of para-hydroxylation sites is 1. The van der Waals surface area contributed by atoms with Gasteiger partial charge in [0.05, 0.1) is 23.0 Å². The second-order valence-electron chi connectivity index (χ2n) is 5.17. The van der Waals surface area contributed by atoms with Crippen molar-refractivity contribution in [3.05, 3.63) is 64.4 Å². The van der Waals surface area contributed by atoms with Crippen molar-refractivity contribution in [2.24, 2.45) is 0 Å². The van der Waals surface area contributed by atoms with Crippen LogP contribution in [0.1, 0.15) is 29.9 Å². The molecule has 108 valence electrons. The first-order valence-corrected chi connectivity index (χ1v) is 7.81. The summed E-state index contributed by atoms with van der Waals surface area (Å²) in [5.74, 6) is 1.25. The number of halogens is 2. The number of nitrogens with zero attached hydrogens (tertiary/aromatic N) is 2. The van der Waals surface area contributed by atoms with E-state index in [1.54, 1.807) is 0 Å². The molecule has 0 N–H and O–H groups in total. The highest BCUT2D eigenvalue weighted by Crippen LogP contribution is 2.31. The van der Waals surface area contributed by atoms with Gasteiger partial charge < -0.3 is 4.57 Å². The fourth-order valence-corrected chi connectivity index (χ4v) is 3.32. The fourth-order valence-electron chi connectivity index (χ4n) is 2.83. The van der Waals surface area contributed by atoms with Gasteiger partial charge in [-0.1, -0.05) is 41.9 Å². The summed E-state index contributed by atoms with van der Waals surface area (Å²) in [6, 6.07) is 14.1. The molecule has 1 heterocycles. The highest BCUT2D eigenvalue weighted by molar-refractivity contribution is 6.31. The highest BCUT2D eigenvalue weighted by atomic mass is 35.5. The highest BCUT2D eigenvalue weighted by Gasteiger charge is 2.19. The van der Waals surface area contributed by atoms with Crippen LogP contribution in [0.2, 0.25) is 5.02 Å². The van der Waals surface area contributed by atoms with Crippen LogP contribution < -0.4 is 0 Å². The number of benzene rings is 2. The molecule has 0 aliphatic heterocycles. The Labute approximate surface area is 134 Å². The third-order valence-corrected chi connectivity index (χ3v) is 4.43. The van der Waals surface area contributed by atoms with E-state index < -0.39 is 0 Å². The summed E-state index contributed by atoms with van der Waals surface area (Å²) in [5, 5.41) is 0.765. The van der Waals surface area contributed by atoms with Gasteiger partial charge in [0.15, 0.2) is 0 Å². The molecular formula is C17H16Cl2N2. The van der Waals surface area contributed by atoms with Crippen molar-refractivity contribution in [1.29, 1.82) is 0 Å². The van der Waals surface area contributed by atoms with Gasteiger partial charge in [-0.3, -0.25) is 0 Å². The molecule has 0 radical (unpaired) electrons. The maximum Gasteiger partial charge on any atom is 0.125 e. The SMILES string of the molecule is Cc1cccc2nc(CCl)n(C(C)c3ccccc3Cl)c12. The first kappa shape index (κ1) is 14.4. The predicted octanol–water partition coefficient (Wildman–Crippen LogP) is 5.35. The van der Waals surface area contributed by atoms with Crippen molar-refractivity contribution in [2.75, 3.05) is 0 Å². The lowest BCUT2D eigenvalue weighted by atomic mass is 10.1. The summed E-state index contributed by atoms with van der Waals surface area (Å²) in [6.07, 6.45) is 0. The average molecular weight is 319 g/mol. The molecule has 3 aromatic rings. The summed E-state index contributed by atoms with van der Waals surface area (Å²) in [7, 11) is 0. The largest absolute Gasteiger partial charge is 0.319 e. The average Bonchev–Trinajstić information content (AvgIpc) is 2.87. The maximum atomic E-state index is 6.36. The third kappa shape index (κ3) is 2.43. The predicted molar refractivity (Wildman–Crippen MR) is 89.3 cm³/mol. The van der Waals surface area contributed by atoms with E-state index in [9.17, 15) is 0 Å². The Morgan fingerprint density at radius 2 is 1.90 bits per heavy atom. The summed E-state index contributed by atoms with van der Waals surface area (Å²) in [5.41, 5.74) is 4.37. The number of aromatic nitrogens is 2. The number of alkyl halides is 1. The molecule has 0 aliphatic rings. The van der Waals surface area contributed by atoms with Crippen molar-refractivity contribution >= 4 is 34.2 Å². The Morgan fingerprint density at radius 3 is 2.62 bits per heavy atom. The Bertz CT molecular complexity index is 793. The van der Waals surface area contributed by atoms with E-state index in [1.807, 2.05) is 30.3 Å². The molecule has 1 aromatic heterocycles. The lowest BCUT2D eigenvalue weighted by Crippen LogP contribution is -2.11. The van der Waals surface area contributed by atoms with Gasteiger partial charge in [0.2, 0.25) is 0 Å². The third-order valence-electron chi connectivity index (χ3n) is 3.85.